The second-order valence-electron chi connectivity index (χ2n) is 5.36. The fraction of sp³-hybridized carbons (Fsp3) is 0.364. The highest BCUT2D eigenvalue weighted by Crippen LogP contribution is 2.14. The molecular weight excluding hydrogens is 360 g/mol. The van der Waals surface area contributed by atoms with Crippen molar-refractivity contribution in [1.29, 1.82) is 0 Å². The quantitative estimate of drug-likeness (QED) is 0.619. The lowest BCUT2D eigenvalue weighted by Gasteiger charge is -2.05. The first-order valence-electron chi connectivity index (χ1n) is 9.35. The van der Waals surface area contributed by atoms with Crippen LogP contribution in [-0.2, 0) is 9.47 Å². The van der Waals surface area contributed by atoms with Crippen LogP contribution in [0.2, 0.25) is 0 Å². The van der Waals surface area contributed by atoms with Gasteiger partial charge in [-0.2, -0.15) is 0 Å². The van der Waals surface area contributed by atoms with Gasteiger partial charge in [-0.25, -0.2) is 9.59 Å². The zero-order chi connectivity index (χ0) is 20.8. The molecule has 2 aromatic rings. The minimum Gasteiger partial charge on any atom is -0.494 e. The Bertz CT molecular complexity index is 724. The Kier molecular flexibility index (Phi) is 10.8. The molecule has 0 saturated heterocycles. The van der Waals surface area contributed by atoms with E-state index < -0.39 is 0 Å². The van der Waals surface area contributed by atoms with Crippen LogP contribution in [0.3, 0.4) is 0 Å². The van der Waals surface area contributed by atoms with Gasteiger partial charge in [0.25, 0.3) is 0 Å². The summed E-state index contributed by atoms with van der Waals surface area (Å²) in [5.74, 6) is 0.850. The SMILES string of the molecule is CCOC(=O)c1ccc(OCC)cc1.CCOC(=O)c1cccc(OCC)c1. The molecule has 0 aromatic heterocycles. The van der Waals surface area contributed by atoms with Gasteiger partial charge >= 0.3 is 11.9 Å². The predicted molar refractivity (Wildman–Crippen MR) is 107 cm³/mol. The van der Waals surface area contributed by atoms with Crippen molar-refractivity contribution in [3.05, 3.63) is 59.7 Å². The fourth-order valence-electron chi connectivity index (χ4n) is 2.16. The van der Waals surface area contributed by atoms with Crippen molar-refractivity contribution in [3.63, 3.8) is 0 Å². The molecule has 0 radical (unpaired) electrons. The molecule has 0 amide bonds. The van der Waals surface area contributed by atoms with Crippen LogP contribution < -0.4 is 9.47 Å². The van der Waals surface area contributed by atoms with Crippen LogP contribution in [-0.4, -0.2) is 38.4 Å². The van der Waals surface area contributed by atoms with E-state index in [-0.39, 0.29) is 11.9 Å². The van der Waals surface area contributed by atoms with E-state index in [0.717, 1.165) is 5.75 Å². The molecule has 0 spiro atoms. The van der Waals surface area contributed by atoms with E-state index in [4.69, 9.17) is 18.9 Å². The van der Waals surface area contributed by atoms with Crippen molar-refractivity contribution in [3.8, 4) is 11.5 Å². The molecule has 6 heteroatoms. The van der Waals surface area contributed by atoms with Crippen LogP contribution >= 0.6 is 0 Å². The van der Waals surface area contributed by atoms with Crippen LogP contribution in [0.15, 0.2) is 48.5 Å². The summed E-state index contributed by atoms with van der Waals surface area (Å²) >= 11 is 0. The molecule has 0 N–H and O–H groups in total. The van der Waals surface area contributed by atoms with Crippen molar-refractivity contribution in [2.45, 2.75) is 27.7 Å². The molecule has 0 bridgehead atoms. The van der Waals surface area contributed by atoms with E-state index >= 15 is 0 Å². The minimum atomic E-state index is -0.311. The highest BCUT2D eigenvalue weighted by molar-refractivity contribution is 5.90. The number of ether oxygens (including phenoxy) is 4. The van der Waals surface area contributed by atoms with Crippen LogP contribution in [0.25, 0.3) is 0 Å². The van der Waals surface area contributed by atoms with Gasteiger partial charge in [-0.15, -0.1) is 0 Å². The first-order chi connectivity index (χ1) is 13.5. The van der Waals surface area contributed by atoms with Gasteiger partial charge in [-0.3, -0.25) is 0 Å². The van der Waals surface area contributed by atoms with Crippen molar-refractivity contribution in [2.24, 2.45) is 0 Å². The zero-order valence-electron chi connectivity index (χ0n) is 16.9. The van der Waals surface area contributed by atoms with Crippen molar-refractivity contribution >= 4 is 11.9 Å². The Morgan fingerprint density at radius 1 is 0.643 bits per heavy atom. The van der Waals surface area contributed by atoms with E-state index in [1.807, 2.05) is 19.9 Å². The normalized spacial score (nSPS) is 9.57. The molecule has 0 aliphatic carbocycles. The summed E-state index contributed by atoms with van der Waals surface area (Å²) in [6.45, 7) is 9.38. The number of benzene rings is 2. The van der Waals surface area contributed by atoms with Gasteiger partial charge in [0.05, 0.1) is 37.6 Å². The molecule has 0 heterocycles. The van der Waals surface area contributed by atoms with Crippen LogP contribution in [0.4, 0.5) is 0 Å². The summed E-state index contributed by atoms with van der Waals surface area (Å²) in [6.07, 6.45) is 0. The van der Waals surface area contributed by atoms with Gasteiger partial charge in [0.2, 0.25) is 0 Å². The first-order valence-corrected chi connectivity index (χ1v) is 9.35. The van der Waals surface area contributed by atoms with E-state index in [0.29, 0.717) is 43.3 Å². The van der Waals surface area contributed by atoms with Gasteiger partial charge in [0.15, 0.2) is 0 Å². The maximum Gasteiger partial charge on any atom is 0.338 e. The third-order valence-corrected chi connectivity index (χ3v) is 3.33. The summed E-state index contributed by atoms with van der Waals surface area (Å²) in [4.78, 5) is 22.6. The van der Waals surface area contributed by atoms with E-state index in [1.54, 1.807) is 56.3 Å². The molecule has 0 aliphatic rings. The summed E-state index contributed by atoms with van der Waals surface area (Å²) in [5, 5.41) is 0. The predicted octanol–water partition coefficient (Wildman–Crippen LogP) is 4.52. The molecule has 2 aromatic carbocycles. The molecule has 152 valence electrons. The Labute approximate surface area is 166 Å². The highest BCUT2D eigenvalue weighted by atomic mass is 16.5. The maximum absolute atomic E-state index is 11.3. The minimum absolute atomic E-state index is 0.296. The molecule has 2 rings (SSSR count). The topological polar surface area (TPSA) is 71.1 Å². The third kappa shape index (κ3) is 8.12. The Morgan fingerprint density at radius 2 is 1.18 bits per heavy atom. The molecule has 0 unspecified atom stereocenters. The average Bonchev–Trinajstić information content (AvgIpc) is 2.70. The smallest absolute Gasteiger partial charge is 0.338 e. The van der Waals surface area contributed by atoms with Crippen molar-refractivity contribution in [1.82, 2.24) is 0 Å². The largest absolute Gasteiger partial charge is 0.494 e. The van der Waals surface area contributed by atoms with Gasteiger partial charge in [-0.05, 0) is 70.2 Å². The van der Waals surface area contributed by atoms with Gasteiger partial charge in [0.1, 0.15) is 11.5 Å². The van der Waals surface area contributed by atoms with E-state index in [1.165, 1.54) is 0 Å². The summed E-state index contributed by atoms with van der Waals surface area (Å²) in [7, 11) is 0. The first kappa shape index (κ1) is 23.0. The number of carbonyl (C=O) groups is 2. The molecular formula is C22H28O6. The number of hydrogen-bond acceptors (Lipinski definition) is 6. The monoisotopic (exact) mass is 388 g/mol. The number of rotatable bonds is 8. The molecule has 0 saturated carbocycles. The van der Waals surface area contributed by atoms with Crippen molar-refractivity contribution in [2.75, 3.05) is 26.4 Å². The standard InChI is InChI=1S/2C11H14O3/c1-3-13-10-7-5-9(6-8-10)11(12)14-4-2;1-3-13-10-7-5-6-9(8-10)11(12)14-4-2/h2*5-8H,3-4H2,1-2H3. The summed E-state index contributed by atoms with van der Waals surface area (Å²) in [5.41, 5.74) is 1.08. The zero-order valence-corrected chi connectivity index (χ0v) is 16.9. The van der Waals surface area contributed by atoms with Crippen LogP contribution in [0.5, 0.6) is 11.5 Å². The number of carbonyl (C=O) groups excluding carboxylic acids is 2. The lowest BCUT2D eigenvalue weighted by Crippen LogP contribution is -2.04. The van der Waals surface area contributed by atoms with Gasteiger partial charge in [0, 0.05) is 0 Å². The Balaban J connectivity index is 0.000000280. The van der Waals surface area contributed by atoms with Gasteiger partial charge < -0.3 is 18.9 Å². The number of hydrogen-bond donors (Lipinski definition) is 0. The van der Waals surface area contributed by atoms with Crippen molar-refractivity contribution < 1.29 is 28.5 Å². The second kappa shape index (κ2) is 13.2. The second-order valence-corrected chi connectivity index (χ2v) is 5.36. The van der Waals surface area contributed by atoms with E-state index in [9.17, 15) is 9.59 Å². The average molecular weight is 388 g/mol. The fourth-order valence-corrected chi connectivity index (χ4v) is 2.16. The Hall–Kier alpha value is -3.02. The number of esters is 2. The molecule has 0 atom stereocenters. The lowest BCUT2D eigenvalue weighted by molar-refractivity contribution is 0.0516. The molecule has 0 fully saturated rings. The lowest BCUT2D eigenvalue weighted by atomic mass is 10.2. The summed E-state index contributed by atoms with van der Waals surface area (Å²) < 4.78 is 20.2. The summed E-state index contributed by atoms with van der Waals surface area (Å²) in [6, 6.07) is 13.9. The van der Waals surface area contributed by atoms with Crippen LogP contribution in [0.1, 0.15) is 48.4 Å². The molecule has 28 heavy (non-hydrogen) atoms. The van der Waals surface area contributed by atoms with E-state index in [2.05, 4.69) is 0 Å². The van der Waals surface area contributed by atoms with Crippen LogP contribution in [0, 0.1) is 0 Å². The van der Waals surface area contributed by atoms with Gasteiger partial charge in [-0.1, -0.05) is 6.07 Å². The third-order valence-electron chi connectivity index (χ3n) is 3.33. The Morgan fingerprint density at radius 3 is 1.71 bits per heavy atom. The molecule has 6 nitrogen and oxygen atoms in total. The maximum atomic E-state index is 11.3. The molecule has 0 aliphatic heterocycles. The highest BCUT2D eigenvalue weighted by Gasteiger charge is 2.06.